The Balaban J connectivity index is 1.44. The summed E-state index contributed by atoms with van der Waals surface area (Å²) in [5, 5.41) is 5.39. The van der Waals surface area contributed by atoms with Gasteiger partial charge in [-0.05, 0) is 43.7 Å². The van der Waals surface area contributed by atoms with Gasteiger partial charge in [-0.25, -0.2) is 4.98 Å². The average molecular weight is 413 g/mol. The zero-order valence-electron chi connectivity index (χ0n) is 18.1. The molecule has 6 nitrogen and oxygen atoms in total. The van der Waals surface area contributed by atoms with Crippen LogP contribution >= 0.6 is 0 Å². The molecule has 1 aliphatic heterocycles. The maximum Gasteiger partial charge on any atom is 0.228 e. The minimum Gasteiger partial charge on any atom is -0.383 e. The molecule has 0 aliphatic carbocycles. The van der Waals surface area contributed by atoms with Gasteiger partial charge in [0.25, 0.3) is 0 Å². The SMILES string of the molecule is Cc1cccc(-c2nc(N3CCC(Cc4ccccc4)CC3)nc3nn(C)c(N)c23)c1. The molecule has 1 fully saturated rings. The molecule has 3 heterocycles. The van der Waals surface area contributed by atoms with E-state index in [1.807, 2.05) is 7.05 Å². The molecule has 5 rings (SSSR count). The number of piperidine rings is 1. The standard InChI is InChI=1S/C25H28N6/c1-17-7-6-10-20(15-17)22-21-23(26)30(2)29-24(21)28-25(27-22)31-13-11-19(12-14-31)16-18-8-4-3-5-9-18/h3-10,15,19H,11-14,16,26H2,1-2H3. The molecular formula is C25H28N6. The number of hydrogen-bond donors (Lipinski definition) is 1. The van der Waals surface area contributed by atoms with E-state index >= 15 is 0 Å². The van der Waals surface area contributed by atoms with E-state index in [1.54, 1.807) is 4.68 Å². The molecule has 0 unspecified atom stereocenters. The predicted molar refractivity (Wildman–Crippen MR) is 126 cm³/mol. The second-order valence-electron chi connectivity index (χ2n) is 8.57. The van der Waals surface area contributed by atoms with E-state index in [2.05, 4.69) is 71.5 Å². The first-order valence-electron chi connectivity index (χ1n) is 10.9. The van der Waals surface area contributed by atoms with Crippen molar-refractivity contribution < 1.29 is 0 Å². The fourth-order valence-electron chi connectivity index (χ4n) is 4.53. The molecule has 0 amide bonds. The molecule has 1 saturated heterocycles. The number of nitrogen functional groups attached to an aromatic ring is 1. The van der Waals surface area contributed by atoms with Crippen molar-refractivity contribution in [1.29, 1.82) is 0 Å². The molecule has 0 spiro atoms. The highest BCUT2D eigenvalue weighted by molar-refractivity contribution is 5.99. The molecule has 2 N–H and O–H groups in total. The van der Waals surface area contributed by atoms with Crippen molar-refractivity contribution in [3.63, 3.8) is 0 Å². The molecule has 0 atom stereocenters. The number of benzene rings is 2. The zero-order valence-corrected chi connectivity index (χ0v) is 18.1. The van der Waals surface area contributed by atoms with Gasteiger partial charge in [0.1, 0.15) is 5.82 Å². The van der Waals surface area contributed by atoms with Crippen LogP contribution in [0.15, 0.2) is 54.6 Å². The van der Waals surface area contributed by atoms with Gasteiger partial charge in [0, 0.05) is 25.7 Å². The van der Waals surface area contributed by atoms with Crippen LogP contribution in [0.1, 0.15) is 24.0 Å². The number of rotatable bonds is 4. The number of aromatic nitrogens is 4. The van der Waals surface area contributed by atoms with Crippen LogP contribution in [0.4, 0.5) is 11.8 Å². The van der Waals surface area contributed by atoms with Crippen molar-refractivity contribution in [1.82, 2.24) is 19.7 Å². The maximum atomic E-state index is 6.34. The molecule has 2 aromatic heterocycles. The lowest BCUT2D eigenvalue weighted by Crippen LogP contribution is -2.35. The molecule has 0 radical (unpaired) electrons. The quantitative estimate of drug-likeness (QED) is 0.538. The van der Waals surface area contributed by atoms with E-state index in [4.69, 9.17) is 15.7 Å². The Morgan fingerprint density at radius 1 is 1.00 bits per heavy atom. The third kappa shape index (κ3) is 3.85. The summed E-state index contributed by atoms with van der Waals surface area (Å²) in [5.41, 5.74) is 11.5. The Morgan fingerprint density at radius 3 is 2.52 bits per heavy atom. The average Bonchev–Trinajstić information content (AvgIpc) is 3.08. The van der Waals surface area contributed by atoms with Crippen LogP contribution in [0.5, 0.6) is 0 Å². The lowest BCUT2D eigenvalue weighted by atomic mass is 9.90. The van der Waals surface area contributed by atoms with Gasteiger partial charge in [-0.3, -0.25) is 4.68 Å². The number of nitrogens with two attached hydrogens (primary N) is 1. The number of anilines is 2. The second kappa shape index (κ2) is 8.02. The topological polar surface area (TPSA) is 72.9 Å². The molecule has 1 aliphatic rings. The van der Waals surface area contributed by atoms with Crippen molar-refractivity contribution >= 4 is 22.8 Å². The van der Waals surface area contributed by atoms with Gasteiger partial charge in [0.15, 0.2) is 5.65 Å². The summed E-state index contributed by atoms with van der Waals surface area (Å²) in [6.45, 7) is 4.00. The number of fused-ring (bicyclic) bond motifs is 1. The normalized spacial score (nSPS) is 15.0. The molecule has 4 aromatic rings. The minimum absolute atomic E-state index is 0.597. The Hall–Kier alpha value is -3.41. The number of nitrogens with zero attached hydrogens (tertiary/aromatic N) is 5. The predicted octanol–water partition coefficient (Wildman–Crippen LogP) is 4.38. The van der Waals surface area contributed by atoms with Gasteiger partial charge < -0.3 is 10.6 Å². The largest absolute Gasteiger partial charge is 0.383 e. The Morgan fingerprint density at radius 2 is 1.77 bits per heavy atom. The van der Waals surface area contributed by atoms with Crippen LogP contribution in [-0.4, -0.2) is 32.8 Å². The highest BCUT2D eigenvalue weighted by atomic mass is 15.3. The summed E-state index contributed by atoms with van der Waals surface area (Å²) in [6, 6.07) is 19.1. The third-order valence-electron chi connectivity index (χ3n) is 6.28. The first-order valence-corrected chi connectivity index (χ1v) is 10.9. The molecule has 6 heteroatoms. The Labute approximate surface area is 182 Å². The van der Waals surface area contributed by atoms with E-state index in [9.17, 15) is 0 Å². The van der Waals surface area contributed by atoms with E-state index in [-0.39, 0.29) is 0 Å². The van der Waals surface area contributed by atoms with Gasteiger partial charge in [-0.1, -0.05) is 54.1 Å². The van der Waals surface area contributed by atoms with Crippen LogP contribution in [-0.2, 0) is 13.5 Å². The van der Waals surface area contributed by atoms with Crippen molar-refractivity contribution in [3.05, 3.63) is 65.7 Å². The lowest BCUT2D eigenvalue weighted by molar-refractivity contribution is 0.401. The van der Waals surface area contributed by atoms with Gasteiger partial charge in [-0.2, -0.15) is 10.1 Å². The fourth-order valence-corrected chi connectivity index (χ4v) is 4.53. The van der Waals surface area contributed by atoms with Gasteiger partial charge >= 0.3 is 0 Å². The first kappa shape index (κ1) is 19.5. The molecular weight excluding hydrogens is 384 g/mol. The smallest absolute Gasteiger partial charge is 0.228 e. The number of aryl methyl sites for hydroxylation is 2. The zero-order chi connectivity index (χ0) is 21.4. The monoisotopic (exact) mass is 412 g/mol. The van der Waals surface area contributed by atoms with Crippen molar-refractivity contribution in [2.45, 2.75) is 26.2 Å². The highest BCUT2D eigenvalue weighted by Crippen LogP contribution is 2.33. The summed E-state index contributed by atoms with van der Waals surface area (Å²) in [6.07, 6.45) is 3.42. The molecule has 158 valence electrons. The Bertz CT molecular complexity index is 1210. The number of hydrogen-bond acceptors (Lipinski definition) is 5. The fraction of sp³-hybridized carbons (Fsp3) is 0.320. The summed E-state index contributed by atoms with van der Waals surface area (Å²) < 4.78 is 1.69. The van der Waals surface area contributed by atoms with E-state index in [1.165, 1.54) is 11.1 Å². The summed E-state index contributed by atoms with van der Waals surface area (Å²) >= 11 is 0. The van der Waals surface area contributed by atoms with E-state index in [0.29, 0.717) is 17.4 Å². The summed E-state index contributed by atoms with van der Waals surface area (Å²) in [4.78, 5) is 12.1. The summed E-state index contributed by atoms with van der Waals surface area (Å²) in [7, 11) is 1.85. The third-order valence-corrected chi connectivity index (χ3v) is 6.28. The van der Waals surface area contributed by atoms with Gasteiger partial charge in [0.05, 0.1) is 11.1 Å². The molecule has 2 aromatic carbocycles. The molecule has 0 saturated carbocycles. The van der Waals surface area contributed by atoms with Crippen molar-refractivity contribution in [3.8, 4) is 11.3 Å². The maximum absolute atomic E-state index is 6.34. The van der Waals surface area contributed by atoms with Gasteiger partial charge in [-0.15, -0.1) is 0 Å². The van der Waals surface area contributed by atoms with Crippen LogP contribution < -0.4 is 10.6 Å². The van der Waals surface area contributed by atoms with Crippen LogP contribution in [0.25, 0.3) is 22.3 Å². The van der Waals surface area contributed by atoms with Crippen molar-refractivity contribution in [2.75, 3.05) is 23.7 Å². The van der Waals surface area contributed by atoms with Crippen LogP contribution in [0.3, 0.4) is 0 Å². The van der Waals surface area contributed by atoms with E-state index < -0.39 is 0 Å². The summed E-state index contributed by atoms with van der Waals surface area (Å²) in [5.74, 6) is 2.05. The molecule has 31 heavy (non-hydrogen) atoms. The van der Waals surface area contributed by atoms with E-state index in [0.717, 1.165) is 54.9 Å². The van der Waals surface area contributed by atoms with Crippen LogP contribution in [0.2, 0.25) is 0 Å². The van der Waals surface area contributed by atoms with Crippen molar-refractivity contribution in [2.24, 2.45) is 13.0 Å². The van der Waals surface area contributed by atoms with Gasteiger partial charge in [0.2, 0.25) is 5.95 Å². The minimum atomic E-state index is 0.597. The van der Waals surface area contributed by atoms with Crippen LogP contribution in [0, 0.1) is 12.8 Å². The second-order valence-corrected chi connectivity index (χ2v) is 8.57. The Kier molecular flexibility index (Phi) is 5.06. The lowest BCUT2D eigenvalue weighted by Gasteiger charge is -2.32. The highest BCUT2D eigenvalue weighted by Gasteiger charge is 2.24. The molecule has 0 bridgehead atoms. The first-order chi connectivity index (χ1) is 15.1.